The fraction of sp³-hybridized carbons (Fsp3) is 0.200. The largest absolute Gasteiger partial charge is 0.360 e. The summed E-state index contributed by atoms with van der Waals surface area (Å²) < 4.78 is 0. The number of halogens is 2. The highest BCUT2D eigenvalue weighted by atomic mass is 35.5. The molecule has 1 aromatic carbocycles. The first kappa shape index (κ1) is 9.84. The van der Waals surface area contributed by atoms with Gasteiger partial charge in [0.2, 0.25) is 0 Å². The van der Waals surface area contributed by atoms with Crippen molar-refractivity contribution in [1.82, 2.24) is 4.98 Å². The molecule has 4 N–H and O–H groups in total. The molecule has 0 amide bonds. The fourth-order valence-electron chi connectivity index (χ4n) is 1.61. The van der Waals surface area contributed by atoms with Crippen LogP contribution in [0.25, 0.3) is 10.9 Å². The van der Waals surface area contributed by atoms with E-state index in [1.54, 1.807) is 6.07 Å². The van der Waals surface area contributed by atoms with Crippen LogP contribution < -0.4 is 5.73 Å². The zero-order valence-electron chi connectivity index (χ0n) is 7.61. The molecule has 0 bridgehead atoms. The molecule has 1 heterocycles. The summed E-state index contributed by atoms with van der Waals surface area (Å²) in [6.07, 6.45) is 2.91. The summed E-state index contributed by atoms with van der Waals surface area (Å²) in [6, 6.07) is 3.68. The van der Waals surface area contributed by atoms with Gasteiger partial charge in [-0.25, -0.2) is 0 Å². The molecule has 1 aromatic heterocycles. The summed E-state index contributed by atoms with van der Waals surface area (Å²) >= 11 is 12.0. The molecule has 2 nitrogen and oxygen atoms in total. The van der Waals surface area contributed by atoms with E-state index in [1.807, 2.05) is 12.3 Å². The molecule has 0 aliphatic rings. The molecular formula is C10H11Cl2N2+. The third-order valence-electron chi connectivity index (χ3n) is 2.24. The van der Waals surface area contributed by atoms with E-state index < -0.39 is 0 Å². The smallest absolute Gasteiger partial charge is 0.0781 e. The van der Waals surface area contributed by atoms with Crippen LogP contribution in [-0.4, -0.2) is 11.5 Å². The van der Waals surface area contributed by atoms with Gasteiger partial charge in [0.25, 0.3) is 0 Å². The van der Waals surface area contributed by atoms with Crippen LogP contribution in [0.1, 0.15) is 5.56 Å². The molecule has 2 rings (SSSR count). The predicted molar refractivity (Wildman–Crippen MR) is 59.8 cm³/mol. The van der Waals surface area contributed by atoms with Crippen LogP contribution in [0.3, 0.4) is 0 Å². The van der Waals surface area contributed by atoms with E-state index in [-0.39, 0.29) is 0 Å². The summed E-state index contributed by atoms with van der Waals surface area (Å²) in [4.78, 5) is 3.15. The van der Waals surface area contributed by atoms with Gasteiger partial charge < -0.3 is 10.7 Å². The maximum absolute atomic E-state index is 6.04. The summed E-state index contributed by atoms with van der Waals surface area (Å²) in [7, 11) is 0. The van der Waals surface area contributed by atoms with Crippen molar-refractivity contribution >= 4 is 34.1 Å². The molecule has 14 heavy (non-hydrogen) atoms. The maximum Gasteiger partial charge on any atom is 0.0781 e. The van der Waals surface area contributed by atoms with E-state index >= 15 is 0 Å². The molecule has 0 aliphatic carbocycles. The molecule has 0 saturated heterocycles. The van der Waals surface area contributed by atoms with E-state index in [2.05, 4.69) is 10.7 Å². The second kappa shape index (κ2) is 3.81. The number of aromatic nitrogens is 1. The van der Waals surface area contributed by atoms with Crippen molar-refractivity contribution < 1.29 is 5.73 Å². The van der Waals surface area contributed by atoms with Gasteiger partial charge >= 0.3 is 0 Å². The van der Waals surface area contributed by atoms with Crippen molar-refractivity contribution in [1.29, 1.82) is 0 Å². The van der Waals surface area contributed by atoms with Gasteiger partial charge in [-0.15, -0.1) is 0 Å². The summed E-state index contributed by atoms with van der Waals surface area (Å²) in [6.45, 7) is 0.872. The molecule has 0 saturated carbocycles. The lowest BCUT2D eigenvalue weighted by Gasteiger charge is -1.98. The normalized spacial score (nSPS) is 11.1. The molecule has 0 fully saturated rings. The van der Waals surface area contributed by atoms with Crippen LogP contribution in [0.15, 0.2) is 18.3 Å². The summed E-state index contributed by atoms with van der Waals surface area (Å²) in [5, 5.41) is 2.45. The molecule has 2 aromatic rings. The zero-order valence-corrected chi connectivity index (χ0v) is 9.12. The summed E-state index contributed by atoms with van der Waals surface area (Å²) in [5.74, 6) is 0. The van der Waals surface area contributed by atoms with Gasteiger partial charge in [0, 0.05) is 23.0 Å². The number of quaternary nitrogens is 1. The topological polar surface area (TPSA) is 43.4 Å². The maximum atomic E-state index is 6.04. The molecule has 0 unspecified atom stereocenters. The van der Waals surface area contributed by atoms with Crippen LogP contribution in [0.4, 0.5) is 0 Å². The molecule has 0 atom stereocenters. The molecule has 0 spiro atoms. The van der Waals surface area contributed by atoms with Gasteiger partial charge in [0.05, 0.1) is 17.1 Å². The lowest BCUT2D eigenvalue weighted by molar-refractivity contribution is -0.366. The highest BCUT2D eigenvalue weighted by Gasteiger charge is 2.07. The molecule has 0 aliphatic heterocycles. The van der Waals surface area contributed by atoms with E-state index in [1.165, 1.54) is 5.56 Å². The Morgan fingerprint density at radius 3 is 2.79 bits per heavy atom. The quantitative estimate of drug-likeness (QED) is 0.794. The number of hydrogen-bond donors (Lipinski definition) is 2. The average Bonchev–Trinajstić information content (AvgIpc) is 2.49. The van der Waals surface area contributed by atoms with Crippen molar-refractivity contribution in [3.63, 3.8) is 0 Å². The van der Waals surface area contributed by atoms with Gasteiger partial charge in [0.15, 0.2) is 0 Å². The number of rotatable bonds is 2. The Labute approximate surface area is 92.0 Å². The Balaban J connectivity index is 2.66. The Morgan fingerprint density at radius 1 is 1.29 bits per heavy atom. The van der Waals surface area contributed by atoms with E-state index in [4.69, 9.17) is 23.2 Å². The highest BCUT2D eigenvalue weighted by molar-refractivity contribution is 6.38. The molecule has 74 valence electrons. The number of aromatic amines is 1. The van der Waals surface area contributed by atoms with Crippen LogP contribution in [0.5, 0.6) is 0 Å². The lowest BCUT2D eigenvalue weighted by Crippen LogP contribution is -2.51. The van der Waals surface area contributed by atoms with E-state index in [0.717, 1.165) is 23.9 Å². The van der Waals surface area contributed by atoms with Gasteiger partial charge in [-0.05, 0) is 17.7 Å². The minimum Gasteiger partial charge on any atom is -0.360 e. The van der Waals surface area contributed by atoms with Gasteiger partial charge in [-0.3, -0.25) is 0 Å². The highest BCUT2D eigenvalue weighted by Crippen LogP contribution is 2.29. The molecule has 0 radical (unpaired) electrons. The van der Waals surface area contributed by atoms with Crippen LogP contribution >= 0.6 is 23.2 Å². The second-order valence-corrected chi connectivity index (χ2v) is 4.07. The Bertz CT molecular complexity index is 462. The van der Waals surface area contributed by atoms with Crippen molar-refractivity contribution in [2.24, 2.45) is 0 Å². The molecule has 4 heteroatoms. The predicted octanol–water partition coefficient (Wildman–Crippen LogP) is 2.26. The number of fused-ring (bicyclic) bond motifs is 1. The van der Waals surface area contributed by atoms with Crippen molar-refractivity contribution in [2.75, 3.05) is 6.54 Å². The van der Waals surface area contributed by atoms with Crippen molar-refractivity contribution in [2.45, 2.75) is 6.42 Å². The number of benzene rings is 1. The van der Waals surface area contributed by atoms with E-state index in [0.29, 0.717) is 10.0 Å². The number of hydrogen-bond acceptors (Lipinski definition) is 0. The standard InChI is InChI=1S/C10H10Cl2N2/c11-7-3-8-6(1-2-13)5-14-10(8)9(12)4-7/h3-5,14H,1-2,13H2/p+1. The third-order valence-corrected chi connectivity index (χ3v) is 2.75. The first-order valence-electron chi connectivity index (χ1n) is 4.46. The van der Waals surface area contributed by atoms with Crippen LogP contribution in [0, 0.1) is 0 Å². The Hall–Kier alpha value is -0.700. The fourth-order valence-corrected chi connectivity index (χ4v) is 2.16. The first-order valence-corrected chi connectivity index (χ1v) is 5.22. The Kier molecular flexibility index (Phi) is 2.68. The van der Waals surface area contributed by atoms with Crippen molar-refractivity contribution in [3.8, 4) is 0 Å². The van der Waals surface area contributed by atoms with Crippen LogP contribution in [0.2, 0.25) is 10.0 Å². The third kappa shape index (κ3) is 1.61. The average molecular weight is 230 g/mol. The number of H-pyrrole nitrogens is 1. The van der Waals surface area contributed by atoms with Gasteiger partial charge in [-0.2, -0.15) is 0 Å². The SMILES string of the molecule is [NH3+]CCc1c[nH]c2c(Cl)cc(Cl)cc12. The Morgan fingerprint density at radius 2 is 2.07 bits per heavy atom. The second-order valence-electron chi connectivity index (χ2n) is 3.23. The van der Waals surface area contributed by atoms with Crippen LogP contribution in [-0.2, 0) is 6.42 Å². The van der Waals surface area contributed by atoms with E-state index in [9.17, 15) is 0 Å². The summed E-state index contributed by atoms with van der Waals surface area (Å²) in [5.41, 5.74) is 6.01. The van der Waals surface area contributed by atoms with Gasteiger partial charge in [-0.1, -0.05) is 23.2 Å². The molecular weight excluding hydrogens is 219 g/mol. The number of nitrogens with one attached hydrogen (secondary N) is 1. The van der Waals surface area contributed by atoms with Crippen molar-refractivity contribution in [3.05, 3.63) is 33.9 Å². The minimum absolute atomic E-state index is 0.669. The van der Waals surface area contributed by atoms with Gasteiger partial charge in [0.1, 0.15) is 0 Å². The lowest BCUT2D eigenvalue weighted by atomic mass is 10.1. The first-order chi connectivity index (χ1) is 6.72. The minimum atomic E-state index is 0.669. The monoisotopic (exact) mass is 229 g/mol. The zero-order chi connectivity index (χ0) is 10.1.